The number of benzene rings is 6. The molecule has 2 aromatic heterocycles. The third-order valence-corrected chi connectivity index (χ3v) is 8.25. The molecule has 0 aliphatic heterocycles. The van der Waals surface area contributed by atoms with Crippen molar-refractivity contribution in [2.24, 2.45) is 0 Å². The van der Waals surface area contributed by atoms with Crippen molar-refractivity contribution in [3.63, 3.8) is 0 Å². The summed E-state index contributed by atoms with van der Waals surface area (Å²) in [5.74, 6) is 0. The fraction of sp³-hybridized carbons (Fsp3) is 0. The van der Waals surface area contributed by atoms with Crippen molar-refractivity contribution in [1.29, 1.82) is 0 Å². The molecule has 0 atom stereocenters. The third-order valence-electron chi connectivity index (χ3n) is 8.25. The highest BCUT2D eigenvalue weighted by molar-refractivity contribution is 6.22. The Morgan fingerprint density at radius 1 is 0.500 bits per heavy atom. The van der Waals surface area contributed by atoms with Crippen LogP contribution in [0.1, 0.15) is 0 Å². The average Bonchev–Trinajstić information content (AvgIpc) is 3.62. The lowest BCUT2D eigenvalue weighted by molar-refractivity contribution is 1.14. The molecule has 1 aliphatic rings. The fourth-order valence-corrected chi connectivity index (χ4v) is 6.62. The van der Waals surface area contributed by atoms with Gasteiger partial charge in [-0.05, 0) is 69.9 Å². The molecule has 0 unspecified atom stereocenters. The number of hydrogen-bond donors (Lipinski definition) is 1. The van der Waals surface area contributed by atoms with E-state index in [1.807, 2.05) is 0 Å². The number of aromatic nitrogens is 2. The smallest absolute Gasteiger partial charge is 0.0626 e. The molecule has 0 bridgehead atoms. The average molecular weight is 483 g/mol. The van der Waals surface area contributed by atoms with Crippen molar-refractivity contribution < 1.29 is 0 Å². The second-order valence-corrected chi connectivity index (χ2v) is 10.3. The molecule has 8 aromatic rings. The molecule has 0 radical (unpaired) electrons. The van der Waals surface area contributed by atoms with Gasteiger partial charge >= 0.3 is 0 Å². The summed E-state index contributed by atoms with van der Waals surface area (Å²) in [6.45, 7) is 0. The van der Waals surface area contributed by atoms with Gasteiger partial charge in [0.05, 0.1) is 11.2 Å². The topological polar surface area (TPSA) is 20.7 Å². The molecule has 1 N–H and O–H groups in total. The molecule has 2 nitrogen and oxygen atoms in total. The van der Waals surface area contributed by atoms with Crippen LogP contribution in [0.4, 0.5) is 0 Å². The Labute approximate surface area is 219 Å². The van der Waals surface area contributed by atoms with Gasteiger partial charge in [-0.25, -0.2) is 0 Å². The molecule has 2 heterocycles. The monoisotopic (exact) mass is 482 g/mol. The van der Waals surface area contributed by atoms with Crippen LogP contribution in [0, 0.1) is 0 Å². The highest BCUT2D eigenvalue weighted by Crippen LogP contribution is 2.53. The maximum Gasteiger partial charge on any atom is 0.0626 e. The maximum atomic E-state index is 3.56. The van der Waals surface area contributed by atoms with Crippen LogP contribution < -0.4 is 0 Å². The number of rotatable bonds is 2. The predicted octanol–water partition coefficient (Wildman–Crippen LogP) is 9.73. The Hall–Kier alpha value is -5.08. The van der Waals surface area contributed by atoms with Gasteiger partial charge in [0.2, 0.25) is 0 Å². The first-order chi connectivity index (χ1) is 18.8. The lowest BCUT2D eigenvalue weighted by atomic mass is 9.98. The van der Waals surface area contributed by atoms with Gasteiger partial charge in [-0.2, -0.15) is 0 Å². The Morgan fingerprint density at radius 2 is 1.21 bits per heavy atom. The quantitative estimate of drug-likeness (QED) is 0.253. The summed E-state index contributed by atoms with van der Waals surface area (Å²) in [5, 5.41) is 6.48. The number of fused-ring (bicyclic) bond motifs is 8. The van der Waals surface area contributed by atoms with Crippen LogP contribution in [0.2, 0.25) is 0 Å². The first-order valence-corrected chi connectivity index (χ1v) is 13.1. The molecule has 1 aliphatic carbocycles. The number of nitrogens with one attached hydrogen (secondary N) is 1. The molecular weight excluding hydrogens is 460 g/mol. The van der Waals surface area contributed by atoms with Crippen LogP contribution in [0.3, 0.4) is 0 Å². The Kier molecular flexibility index (Phi) is 3.82. The molecule has 9 rings (SSSR count). The second kappa shape index (κ2) is 7.24. The van der Waals surface area contributed by atoms with Crippen molar-refractivity contribution in [3.8, 4) is 39.2 Å². The molecule has 0 spiro atoms. The highest BCUT2D eigenvalue weighted by Gasteiger charge is 2.29. The van der Waals surface area contributed by atoms with Gasteiger partial charge in [0.1, 0.15) is 0 Å². The van der Waals surface area contributed by atoms with Crippen LogP contribution in [-0.4, -0.2) is 9.55 Å². The third kappa shape index (κ3) is 2.56. The summed E-state index contributed by atoms with van der Waals surface area (Å²) >= 11 is 0. The minimum atomic E-state index is 1.18. The molecule has 6 aromatic carbocycles. The van der Waals surface area contributed by atoms with Crippen LogP contribution in [0.15, 0.2) is 127 Å². The summed E-state index contributed by atoms with van der Waals surface area (Å²) < 4.78 is 2.45. The van der Waals surface area contributed by atoms with E-state index in [9.17, 15) is 0 Å². The lowest BCUT2D eigenvalue weighted by Gasteiger charge is -2.12. The van der Waals surface area contributed by atoms with Crippen molar-refractivity contribution in [2.45, 2.75) is 0 Å². The Balaban J connectivity index is 1.36. The standard InChI is InChI=1S/C36H22N2/c1-2-10-25(11-3-1)38-33-19-17-24(23-16-18-32-29(20-23)26-12-4-5-15-31(26)37-32)21-30(33)35-27-13-6-8-22-9-7-14-28(34(22)27)36(35)38/h1-21,37H. The van der Waals surface area contributed by atoms with Crippen molar-refractivity contribution in [3.05, 3.63) is 127 Å². The van der Waals surface area contributed by atoms with E-state index < -0.39 is 0 Å². The normalized spacial score (nSPS) is 12.2. The summed E-state index contributed by atoms with van der Waals surface area (Å²) in [7, 11) is 0. The summed E-state index contributed by atoms with van der Waals surface area (Å²) in [6.07, 6.45) is 0. The van der Waals surface area contributed by atoms with E-state index in [0.29, 0.717) is 0 Å². The van der Waals surface area contributed by atoms with Crippen LogP contribution >= 0.6 is 0 Å². The summed E-state index contributed by atoms with van der Waals surface area (Å²) in [6, 6.07) is 46.5. The van der Waals surface area contributed by atoms with E-state index in [1.54, 1.807) is 0 Å². The Morgan fingerprint density at radius 3 is 2.08 bits per heavy atom. The number of para-hydroxylation sites is 2. The van der Waals surface area contributed by atoms with E-state index in [2.05, 4.69) is 137 Å². The Bertz CT molecular complexity index is 2220. The number of aromatic amines is 1. The van der Waals surface area contributed by atoms with Crippen LogP contribution in [0.25, 0.3) is 82.7 Å². The maximum absolute atomic E-state index is 3.56. The lowest BCUT2D eigenvalue weighted by Crippen LogP contribution is -1.96. The number of H-pyrrole nitrogens is 1. The first kappa shape index (κ1) is 20.0. The summed E-state index contributed by atoms with van der Waals surface area (Å²) in [5.41, 5.74) is 12.5. The fourth-order valence-electron chi connectivity index (χ4n) is 6.62. The van der Waals surface area contributed by atoms with E-state index in [1.165, 1.54) is 82.7 Å². The van der Waals surface area contributed by atoms with Gasteiger partial charge in [-0.3, -0.25) is 0 Å². The molecule has 2 heteroatoms. The molecule has 0 saturated heterocycles. The zero-order valence-corrected chi connectivity index (χ0v) is 20.6. The zero-order chi connectivity index (χ0) is 24.8. The van der Waals surface area contributed by atoms with Crippen molar-refractivity contribution >= 4 is 43.5 Å². The van der Waals surface area contributed by atoms with E-state index >= 15 is 0 Å². The molecule has 0 fully saturated rings. The van der Waals surface area contributed by atoms with Gasteiger partial charge < -0.3 is 9.55 Å². The first-order valence-electron chi connectivity index (χ1n) is 13.1. The second-order valence-electron chi connectivity index (χ2n) is 10.3. The number of nitrogens with zero attached hydrogens (tertiary/aromatic N) is 1. The van der Waals surface area contributed by atoms with Crippen molar-refractivity contribution in [2.75, 3.05) is 0 Å². The minimum Gasteiger partial charge on any atom is -0.355 e. The highest BCUT2D eigenvalue weighted by atomic mass is 15.0. The molecule has 176 valence electrons. The SMILES string of the molecule is c1ccc(-n2c3c(c4cc(-c5ccc6[nH]c7ccccc7c6c5)ccc42)-c2cccc4cccc-3c24)cc1. The van der Waals surface area contributed by atoms with Gasteiger partial charge in [0, 0.05) is 44.0 Å². The van der Waals surface area contributed by atoms with E-state index in [4.69, 9.17) is 0 Å². The van der Waals surface area contributed by atoms with Gasteiger partial charge in [0.25, 0.3) is 0 Å². The van der Waals surface area contributed by atoms with Crippen LogP contribution in [0.5, 0.6) is 0 Å². The van der Waals surface area contributed by atoms with Gasteiger partial charge in [-0.1, -0.05) is 84.9 Å². The van der Waals surface area contributed by atoms with E-state index in [-0.39, 0.29) is 0 Å². The zero-order valence-electron chi connectivity index (χ0n) is 20.6. The van der Waals surface area contributed by atoms with E-state index in [0.717, 1.165) is 0 Å². The predicted molar refractivity (Wildman–Crippen MR) is 160 cm³/mol. The molecule has 38 heavy (non-hydrogen) atoms. The van der Waals surface area contributed by atoms with Gasteiger partial charge in [0.15, 0.2) is 0 Å². The van der Waals surface area contributed by atoms with Crippen LogP contribution in [-0.2, 0) is 0 Å². The summed E-state index contributed by atoms with van der Waals surface area (Å²) in [4.78, 5) is 3.56. The molecular formula is C36H22N2. The molecule has 0 saturated carbocycles. The minimum absolute atomic E-state index is 1.18. The van der Waals surface area contributed by atoms with Gasteiger partial charge in [-0.15, -0.1) is 0 Å². The molecule has 0 amide bonds. The van der Waals surface area contributed by atoms with Crippen molar-refractivity contribution in [1.82, 2.24) is 9.55 Å². The largest absolute Gasteiger partial charge is 0.355 e. The number of hydrogen-bond acceptors (Lipinski definition) is 0.